The molecule has 0 atom stereocenters. The number of benzene rings is 5. The molecule has 0 saturated carbocycles. The maximum absolute atomic E-state index is 4.16. The predicted molar refractivity (Wildman–Crippen MR) is 231 cm³/mol. The van der Waals surface area contributed by atoms with E-state index < -0.39 is 16.1 Å². The molecule has 5 rings (SSSR count). The first kappa shape index (κ1) is 37.9. The smallest absolute Gasteiger partial charge is 0.125 e. The number of hydrogen-bond acceptors (Lipinski definition) is 0. The van der Waals surface area contributed by atoms with E-state index in [2.05, 4.69) is 182 Å². The second kappa shape index (κ2) is 14.0. The molecule has 5 aromatic rings. The standard InChI is InChI=1S/C48H62Si2/c1-29(2)49(30(3)4,31(5)6)23-21-39-45-25-41-35(13)17-19-37(15)43(41)27-47(45)40(22-24-50(32(7)8,33(9)10)34(11)12)48-28-44-38(16)20-18-36(14)42(44)26-46(39)48/h17-20,25-34H,1-16H3. The van der Waals surface area contributed by atoms with Crippen molar-refractivity contribution in [2.45, 2.75) is 144 Å². The van der Waals surface area contributed by atoms with Gasteiger partial charge in [-0.3, -0.25) is 0 Å². The van der Waals surface area contributed by atoms with Gasteiger partial charge in [0.15, 0.2) is 0 Å². The highest BCUT2D eigenvalue weighted by Crippen LogP contribution is 2.44. The van der Waals surface area contributed by atoms with E-state index in [0.717, 1.165) is 0 Å². The molecule has 0 amide bonds. The van der Waals surface area contributed by atoms with E-state index in [1.54, 1.807) is 0 Å². The molecular formula is C48H62Si2. The van der Waals surface area contributed by atoms with E-state index in [1.807, 2.05) is 0 Å². The van der Waals surface area contributed by atoms with Crippen molar-refractivity contribution in [2.24, 2.45) is 0 Å². The normalized spacial score (nSPS) is 12.8. The first-order chi connectivity index (χ1) is 23.4. The van der Waals surface area contributed by atoms with Crippen LogP contribution in [0.5, 0.6) is 0 Å². The lowest BCUT2D eigenvalue weighted by molar-refractivity contribution is 0.838. The Bertz CT molecular complexity index is 1920. The summed E-state index contributed by atoms with van der Waals surface area (Å²) < 4.78 is 0. The minimum absolute atomic E-state index is 0.565. The fourth-order valence-corrected chi connectivity index (χ4v) is 20.4. The third-order valence-electron chi connectivity index (χ3n) is 12.8. The fraction of sp³-hybridized carbons (Fsp3) is 0.458. The van der Waals surface area contributed by atoms with Crippen molar-refractivity contribution in [3.63, 3.8) is 0 Å². The van der Waals surface area contributed by atoms with Crippen LogP contribution in [-0.2, 0) is 0 Å². The van der Waals surface area contributed by atoms with Crippen LogP contribution >= 0.6 is 0 Å². The molecular weight excluding hydrogens is 633 g/mol. The summed E-state index contributed by atoms with van der Waals surface area (Å²) in [6.45, 7) is 38.1. The van der Waals surface area contributed by atoms with Crippen LogP contribution in [0.15, 0.2) is 48.5 Å². The monoisotopic (exact) mass is 694 g/mol. The third-order valence-corrected chi connectivity index (χ3v) is 25.4. The van der Waals surface area contributed by atoms with Gasteiger partial charge in [0, 0.05) is 11.1 Å². The summed E-state index contributed by atoms with van der Waals surface area (Å²) >= 11 is 0. The summed E-state index contributed by atoms with van der Waals surface area (Å²) in [7, 11) is -4.01. The molecule has 0 aromatic heterocycles. The molecule has 0 aliphatic heterocycles. The van der Waals surface area contributed by atoms with Gasteiger partial charge >= 0.3 is 0 Å². The number of rotatable bonds is 6. The molecule has 0 nitrogen and oxygen atoms in total. The van der Waals surface area contributed by atoms with Crippen molar-refractivity contribution >= 4 is 59.2 Å². The maximum atomic E-state index is 4.16. The number of aryl methyl sites for hydroxylation is 4. The Kier molecular flexibility index (Phi) is 10.6. The molecule has 0 unspecified atom stereocenters. The fourth-order valence-electron chi connectivity index (χ4n) is 9.96. The average Bonchev–Trinajstić information content (AvgIpc) is 3.03. The SMILES string of the molecule is Cc1ccc(C)c2cc3c(C#C[Si](C(C)C)(C(C)C)C(C)C)c4cc5c(C)ccc(C)c5cc4c(C#C[Si](C(C)C)(C(C)C)C(C)C)c3cc12. The Morgan fingerprint density at radius 1 is 0.340 bits per heavy atom. The maximum Gasteiger partial charge on any atom is 0.146 e. The van der Waals surface area contributed by atoms with Crippen LogP contribution < -0.4 is 0 Å². The Labute approximate surface area is 306 Å². The van der Waals surface area contributed by atoms with Crippen LogP contribution in [-0.4, -0.2) is 16.1 Å². The molecule has 2 heteroatoms. The second-order valence-corrected chi connectivity index (χ2v) is 28.5. The van der Waals surface area contributed by atoms with Crippen molar-refractivity contribution in [1.82, 2.24) is 0 Å². The van der Waals surface area contributed by atoms with Gasteiger partial charge in [0.25, 0.3) is 0 Å². The van der Waals surface area contributed by atoms with Crippen molar-refractivity contribution < 1.29 is 0 Å². The van der Waals surface area contributed by atoms with Gasteiger partial charge < -0.3 is 0 Å². The van der Waals surface area contributed by atoms with Crippen LogP contribution in [0.4, 0.5) is 0 Å². The molecule has 0 saturated heterocycles. The van der Waals surface area contributed by atoms with Gasteiger partial charge in [-0.1, -0.05) is 119 Å². The summed E-state index contributed by atoms with van der Waals surface area (Å²) in [6.07, 6.45) is 0. The number of fused-ring (bicyclic) bond motifs is 4. The van der Waals surface area contributed by atoms with Crippen molar-refractivity contribution in [3.8, 4) is 22.9 Å². The highest BCUT2D eigenvalue weighted by molar-refractivity contribution is 6.91. The van der Waals surface area contributed by atoms with Gasteiger partial charge in [-0.05, 0) is 151 Å². The van der Waals surface area contributed by atoms with E-state index >= 15 is 0 Å². The quantitative estimate of drug-likeness (QED) is 0.0943. The van der Waals surface area contributed by atoms with Gasteiger partial charge in [-0.2, -0.15) is 0 Å². The zero-order chi connectivity index (χ0) is 37.0. The van der Waals surface area contributed by atoms with Crippen LogP contribution in [0.2, 0.25) is 33.2 Å². The summed E-state index contributed by atoms with van der Waals surface area (Å²) in [5.74, 6) is 8.08. The minimum Gasteiger partial charge on any atom is -0.125 e. The van der Waals surface area contributed by atoms with Gasteiger partial charge in [0.2, 0.25) is 0 Å². The lowest BCUT2D eigenvalue weighted by Gasteiger charge is -2.38. The zero-order valence-electron chi connectivity index (χ0n) is 34.1. The topological polar surface area (TPSA) is 0 Å². The van der Waals surface area contributed by atoms with Crippen LogP contribution in [0.3, 0.4) is 0 Å². The van der Waals surface area contributed by atoms with Gasteiger partial charge in [0.1, 0.15) is 16.1 Å². The average molecular weight is 695 g/mol. The molecule has 0 aliphatic carbocycles. The zero-order valence-corrected chi connectivity index (χ0v) is 36.1. The second-order valence-electron chi connectivity index (χ2n) is 17.3. The Morgan fingerprint density at radius 3 is 0.720 bits per heavy atom. The molecule has 0 radical (unpaired) electrons. The molecule has 5 aromatic carbocycles. The molecule has 0 spiro atoms. The summed E-state index contributed by atoms with van der Waals surface area (Å²) in [4.78, 5) is 0. The van der Waals surface area contributed by atoms with E-state index in [-0.39, 0.29) is 0 Å². The highest BCUT2D eigenvalue weighted by Gasteiger charge is 2.43. The van der Waals surface area contributed by atoms with Crippen molar-refractivity contribution in [2.75, 3.05) is 0 Å². The Hall–Kier alpha value is -3.31. The minimum atomic E-state index is -2.01. The van der Waals surface area contributed by atoms with E-state index in [9.17, 15) is 0 Å². The van der Waals surface area contributed by atoms with Gasteiger partial charge in [0.05, 0.1) is 0 Å². The summed E-state index contributed by atoms with van der Waals surface area (Å²) in [5, 5.41) is 10.3. The highest BCUT2D eigenvalue weighted by atomic mass is 28.3. The molecule has 0 heterocycles. The Balaban J connectivity index is 2.12. The predicted octanol–water partition coefficient (Wildman–Crippen LogP) is 14.7. The molecule has 0 aliphatic rings. The van der Waals surface area contributed by atoms with E-state index in [4.69, 9.17) is 0 Å². The third kappa shape index (κ3) is 6.06. The first-order valence-electron chi connectivity index (χ1n) is 19.3. The molecule has 0 fully saturated rings. The lowest BCUT2D eigenvalue weighted by atomic mass is 9.86. The number of hydrogen-bond donors (Lipinski definition) is 0. The summed E-state index contributed by atoms with van der Waals surface area (Å²) in [6, 6.07) is 19.0. The molecule has 0 N–H and O–H groups in total. The van der Waals surface area contributed by atoms with Crippen LogP contribution in [0.25, 0.3) is 43.1 Å². The van der Waals surface area contributed by atoms with Gasteiger partial charge in [-0.25, -0.2) is 0 Å². The van der Waals surface area contributed by atoms with E-state index in [0.29, 0.717) is 33.2 Å². The van der Waals surface area contributed by atoms with Crippen LogP contribution in [0, 0.1) is 50.6 Å². The van der Waals surface area contributed by atoms with Gasteiger partial charge in [-0.15, -0.1) is 11.1 Å². The molecule has 0 bridgehead atoms. The van der Waals surface area contributed by atoms with E-state index in [1.165, 1.54) is 76.5 Å². The largest absolute Gasteiger partial charge is 0.146 e. The van der Waals surface area contributed by atoms with Crippen LogP contribution in [0.1, 0.15) is 116 Å². The van der Waals surface area contributed by atoms with Crippen molar-refractivity contribution in [1.29, 1.82) is 0 Å². The first-order valence-corrected chi connectivity index (χ1v) is 23.8. The Morgan fingerprint density at radius 2 is 0.540 bits per heavy atom. The summed E-state index contributed by atoms with van der Waals surface area (Å²) in [5.41, 5.74) is 19.3. The lowest BCUT2D eigenvalue weighted by Crippen LogP contribution is -2.43. The molecule has 262 valence electrons. The molecule has 50 heavy (non-hydrogen) atoms. The van der Waals surface area contributed by atoms with Crippen molar-refractivity contribution in [3.05, 3.63) is 81.9 Å².